The van der Waals surface area contributed by atoms with E-state index >= 15 is 0 Å². The Kier molecular flexibility index (Phi) is 5.59. The molecule has 238 valence electrons. The van der Waals surface area contributed by atoms with E-state index in [1.807, 2.05) is 16.7 Å². The first-order chi connectivity index (χ1) is 21.3. The molecule has 2 heteroatoms. The van der Waals surface area contributed by atoms with Crippen molar-refractivity contribution in [1.29, 1.82) is 0 Å². The zero-order valence-electron chi connectivity index (χ0n) is 27.8. The van der Waals surface area contributed by atoms with Gasteiger partial charge in [0.1, 0.15) is 18.0 Å². The highest BCUT2D eigenvalue weighted by Crippen LogP contribution is 2.69. The monoisotopic (exact) mass is 594 g/mol. The Labute approximate surface area is 267 Å². The summed E-state index contributed by atoms with van der Waals surface area (Å²) in [4.78, 5) is 0. The smallest absolute Gasteiger partial charge is 0.129 e. The minimum Gasteiger partial charge on any atom is -0.487 e. The van der Waals surface area contributed by atoms with E-state index in [1.165, 1.54) is 102 Å². The highest BCUT2D eigenvalue weighted by molar-refractivity contribution is 5.55. The molecular formula is C42H58O2. The number of ether oxygens (including phenoxy) is 2. The topological polar surface area (TPSA) is 21.8 Å². The van der Waals surface area contributed by atoms with Crippen molar-refractivity contribution >= 4 is 0 Å². The molecule has 2 unspecified atom stereocenters. The van der Waals surface area contributed by atoms with Crippen LogP contribution in [0.1, 0.15) is 146 Å². The molecule has 0 radical (unpaired) electrons. The second kappa shape index (κ2) is 9.11. The van der Waals surface area contributed by atoms with Crippen molar-refractivity contribution in [3.63, 3.8) is 0 Å². The van der Waals surface area contributed by atoms with Crippen LogP contribution < -0.4 is 4.74 Å². The summed E-state index contributed by atoms with van der Waals surface area (Å²) < 4.78 is 13.2. The predicted octanol–water partition coefficient (Wildman–Crippen LogP) is 9.89. The molecule has 2 atom stereocenters. The van der Waals surface area contributed by atoms with Gasteiger partial charge in [0.25, 0.3) is 0 Å². The summed E-state index contributed by atoms with van der Waals surface area (Å²) in [6.07, 6.45) is 27.9. The lowest BCUT2D eigenvalue weighted by Gasteiger charge is -2.63. The molecule has 12 saturated carbocycles. The van der Waals surface area contributed by atoms with Crippen molar-refractivity contribution in [2.45, 2.75) is 158 Å². The van der Waals surface area contributed by atoms with Crippen LogP contribution >= 0.6 is 0 Å². The van der Waals surface area contributed by atoms with Crippen LogP contribution in [0.2, 0.25) is 0 Å². The molecule has 12 bridgehead atoms. The lowest BCUT2D eigenvalue weighted by Crippen LogP contribution is -2.55. The molecule has 1 aliphatic heterocycles. The van der Waals surface area contributed by atoms with E-state index in [0.29, 0.717) is 28.3 Å². The second-order valence-corrected chi connectivity index (χ2v) is 20.2. The summed E-state index contributed by atoms with van der Waals surface area (Å²) in [5.41, 5.74) is 7.10. The van der Waals surface area contributed by atoms with Crippen molar-refractivity contribution < 1.29 is 9.47 Å². The molecule has 13 aliphatic rings. The van der Waals surface area contributed by atoms with Crippen LogP contribution in [-0.2, 0) is 21.0 Å². The lowest BCUT2D eigenvalue weighted by atomic mass is 9.41. The van der Waals surface area contributed by atoms with Crippen molar-refractivity contribution in [2.75, 3.05) is 6.61 Å². The Hall–Kier alpha value is -1.02. The molecule has 1 aromatic carbocycles. The third-order valence-corrected chi connectivity index (χ3v) is 16.6. The Bertz CT molecular complexity index is 1170. The van der Waals surface area contributed by atoms with Crippen LogP contribution in [-0.4, -0.2) is 18.8 Å². The van der Waals surface area contributed by atoms with Gasteiger partial charge in [-0.2, -0.15) is 0 Å². The first kappa shape index (κ1) is 27.0. The van der Waals surface area contributed by atoms with Crippen LogP contribution in [0, 0.1) is 59.2 Å². The van der Waals surface area contributed by atoms with E-state index < -0.39 is 0 Å². The molecule has 1 heterocycles. The van der Waals surface area contributed by atoms with E-state index in [0.717, 1.165) is 59.9 Å². The average Bonchev–Trinajstić information content (AvgIpc) is 3.79. The molecule has 2 nitrogen and oxygen atoms in total. The van der Waals surface area contributed by atoms with Gasteiger partial charge >= 0.3 is 0 Å². The third kappa shape index (κ3) is 3.94. The summed E-state index contributed by atoms with van der Waals surface area (Å²) in [5.74, 6) is 10.7. The van der Waals surface area contributed by atoms with E-state index in [1.54, 1.807) is 19.3 Å². The number of hydrogen-bond donors (Lipinski definition) is 0. The van der Waals surface area contributed by atoms with Crippen molar-refractivity contribution in [3.8, 4) is 5.75 Å². The summed E-state index contributed by atoms with van der Waals surface area (Å²) in [6.45, 7) is 5.60. The fourth-order valence-electron chi connectivity index (χ4n) is 16.4. The van der Waals surface area contributed by atoms with Crippen molar-refractivity contribution in [2.24, 2.45) is 59.2 Å². The lowest BCUT2D eigenvalue weighted by molar-refractivity contribution is -0.0246. The van der Waals surface area contributed by atoms with Gasteiger partial charge in [0, 0.05) is 0 Å². The Balaban J connectivity index is 1.15. The molecule has 0 spiro atoms. The molecule has 12 aliphatic carbocycles. The second-order valence-electron chi connectivity index (χ2n) is 20.2. The van der Waals surface area contributed by atoms with Gasteiger partial charge in [-0.25, -0.2) is 0 Å². The Morgan fingerprint density at radius 1 is 0.545 bits per heavy atom. The maximum Gasteiger partial charge on any atom is 0.129 e. The first-order valence-electron chi connectivity index (χ1n) is 19.8. The molecule has 1 aromatic rings. The highest BCUT2D eigenvalue weighted by Gasteiger charge is 2.60. The van der Waals surface area contributed by atoms with Crippen molar-refractivity contribution in [3.05, 3.63) is 28.8 Å². The summed E-state index contributed by atoms with van der Waals surface area (Å²) in [7, 11) is 0. The Morgan fingerprint density at radius 2 is 0.864 bits per heavy atom. The zero-order chi connectivity index (χ0) is 29.0. The summed E-state index contributed by atoms with van der Waals surface area (Å²) >= 11 is 0. The van der Waals surface area contributed by atoms with Crippen LogP contribution in [0.15, 0.2) is 12.1 Å². The third-order valence-electron chi connectivity index (χ3n) is 16.6. The fourth-order valence-corrected chi connectivity index (χ4v) is 16.4. The van der Waals surface area contributed by atoms with Gasteiger partial charge < -0.3 is 9.47 Å². The van der Waals surface area contributed by atoms with E-state index in [-0.39, 0.29) is 6.10 Å². The summed E-state index contributed by atoms with van der Waals surface area (Å²) in [6, 6.07) is 5.51. The van der Waals surface area contributed by atoms with Gasteiger partial charge in [-0.15, -0.1) is 0 Å². The van der Waals surface area contributed by atoms with Crippen LogP contribution in [0.3, 0.4) is 0 Å². The SMILES string of the molecule is CC(C)C(Oc1cc(C23CC4CC(CC(C4)C2)C3)c(C23CC4CC(CC(C4)C2)C3)c(C23CC4CC(CC(C4)C2)C3)c1)C1CO1. The Morgan fingerprint density at radius 3 is 1.16 bits per heavy atom. The molecular weight excluding hydrogens is 536 g/mol. The van der Waals surface area contributed by atoms with Gasteiger partial charge in [0.05, 0.1) is 6.61 Å². The first-order valence-corrected chi connectivity index (χ1v) is 19.8. The van der Waals surface area contributed by atoms with E-state index in [4.69, 9.17) is 9.47 Å². The number of rotatable bonds is 7. The van der Waals surface area contributed by atoms with Gasteiger partial charge in [0.2, 0.25) is 0 Å². The van der Waals surface area contributed by atoms with Gasteiger partial charge in [-0.3, -0.25) is 0 Å². The molecule has 44 heavy (non-hydrogen) atoms. The molecule has 0 aromatic heterocycles. The van der Waals surface area contributed by atoms with Crippen LogP contribution in [0.25, 0.3) is 0 Å². The quantitative estimate of drug-likeness (QED) is 0.293. The predicted molar refractivity (Wildman–Crippen MR) is 175 cm³/mol. The molecule has 1 saturated heterocycles. The number of hydrogen-bond acceptors (Lipinski definition) is 2. The van der Waals surface area contributed by atoms with Crippen LogP contribution in [0.4, 0.5) is 0 Å². The maximum atomic E-state index is 7.26. The zero-order valence-corrected chi connectivity index (χ0v) is 27.8. The van der Waals surface area contributed by atoms with Crippen molar-refractivity contribution in [1.82, 2.24) is 0 Å². The molecule has 0 amide bonds. The molecule has 0 N–H and O–H groups in total. The highest BCUT2D eigenvalue weighted by atomic mass is 16.6. The van der Waals surface area contributed by atoms with Gasteiger partial charge in [-0.05, 0) is 220 Å². The van der Waals surface area contributed by atoms with E-state index in [9.17, 15) is 0 Å². The number of benzene rings is 1. The maximum absolute atomic E-state index is 7.26. The minimum atomic E-state index is 0.189. The minimum absolute atomic E-state index is 0.189. The normalized spacial score (nSPS) is 52.7. The summed E-state index contributed by atoms with van der Waals surface area (Å²) in [5, 5.41) is 0. The molecule has 13 fully saturated rings. The largest absolute Gasteiger partial charge is 0.487 e. The average molecular weight is 595 g/mol. The van der Waals surface area contributed by atoms with Crippen LogP contribution in [0.5, 0.6) is 5.75 Å². The van der Waals surface area contributed by atoms with E-state index in [2.05, 4.69) is 26.0 Å². The van der Waals surface area contributed by atoms with Gasteiger partial charge in [-0.1, -0.05) is 13.8 Å². The number of epoxide rings is 1. The van der Waals surface area contributed by atoms with Gasteiger partial charge in [0.15, 0.2) is 0 Å². The molecule has 14 rings (SSSR count). The fraction of sp³-hybridized carbons (Fsp3) is 0.857. The standard InChI is InChI=1S/C42H58O2/c1-24(2)39(37-23-43-37)44-34-12-35(40-14-25-3-26(15-40)5-27(4-25)16-40)38(42-20-31-9-32(21-42)11-33(10-31)22-42)36(13-34)41-17-28-6-29(18-41)8-30(7-28)19-41/h12-13,24-33,37,39H,3-11,14-23H2,1-2H3.